The summed E-state index contributed by atoms with van der Waals surface area (Å²) in [6.45, 7) is 22.1. The van der Waals surface area contributed by atoms with Crippen LogP contribution in [0.1, 0.15) is 158 Å². The first-order valence-corrected chi connectivity index (χ1v) is 34.8. The van der Waals surface area contributed by atoms with Gasteiger partial charge in [0.1, 0.15) is 24.2 Å². The summed E-state index contributed by atoms with van der Waals surface area (Å²) in [7, 11) is 7.85. The topological polar surface area (TPSA) is 327 Å². The fraction of sp³-hybridized carbons (Fsp3) is 0.681. The first-order valence-electron chi connectivity index (χ1n) is 34.8. The van der Waals surface area contributed by atoms with E-state index in [2.05, 4.69) is 31.9 Å². The second-order valence-electron chi connectivity index (χ2n) is 27.7. The molecular weight excluding hydrogens is 1240 g/mol. The molecule has 0 saturated carbocycles. The average molecular weight is 1360 g/mol. The molecule has 0 bridgehead atoms. The monoisotopic (exact) mass is 1360 g/mol. The number of esters is 1. The first kappa shape index (κ1) is 81.9. The number of hydrogen-bond acceptors (Lipinski definition) is 15. The van der Waals surface area contributed by atoms with Crippen LogP contribution in [0.2, 0.25) is 0 Å². The zero-order chi connectivity index (χ0) is 72.4. The van der Waals surface area contributed by atoms with E-state index < -0.39 is 90.1 Å². The predicted molar refractivity (Wildman–Crippen MR) is 371 cm³/mol. The zero-order valence-corrected chi connectivity index (χ0v) is 60.5. The van der Waals surface area contributed by atoms with Crippen molar-refractivity contribution in [3.05, 3.63) is 65.7 Å². The number of unbranched alkanes of at least 4 members (excludes halogenated alkanes) is 2. The number of urea groups is 1. The van der Waals surface area contributed by atoms with Gasteiger partial charge in [-0.25, -0.2) is 9.59 Å². The lowest BCUT2D eigenvalue weighted by molar-refractivity contribution is -0.149. The SMILES string of the molecule is CC[C@H](C)[C@@H]([C@@H](CC(=O)N1CCC[C@H]1[C@H](OC)[C@@H](C)C(=O)N[C@@H](Cc1ccccc1)C(=O)OC)OC)N(C)C(=O)[C@@H](NC(=O)[C@H](C(C)C)N(C)CCc1ccc(NC(=O)[C@H](CCCNC(N)=O)NC(=O)[C@@H](NC(=O)CCCCCN2C(=O)CC(C(C)C)C2=O)C(C)C)cc1)C(C)C. The standard InChI is InChI=1S/C72H115N11O14/c1-17-47(10)63(56(95-14)42-59(86)82-38-25-29-55(82)64(96-15)48(11)65(87)77-54(71(93)97-16)40-50-26-20-18-21-27-50)81(13)70(92)61(45(6)7)79-68(90)62(46(8)9)80(12)39-35-49-31-33-51(34-32-49)75-66(88)53(28-24-36-74-72(73)94)76-67(89)60(44(4)5)78-57(84)30-22-19-23-37-83-58(85)41-52(43(2)3)69(83)91/h18,20-21,26-27,31-34,43-48,52-56,60-64H,17,19,22-25,28-30,35-42H2,1-16H3,(H,75,88)(H,76,89)(H,77,87)(H,78,84)(H,79,90)(H3,73,74,94)/t47-,48+,52?,53-,54-,55-,56+,60-,61-,62-,63-,64+/m0/s1. The molecule has 0 spiro atoms. The van der Waals surface area contributed by atoms with Gasteiger partial charge < -0.3 is 61.6 Å². The molecule has 0 aliphatic carbocycles. The number of imide groups is 1. The Balaban J connectivity index is 1.38. The highest BCUT2D eigenvalue weighted by Gasteiger charge is 2.45. The summed E-state index contributed by atoms with van der Waals surface area (Å²) in [5.74, 6) is -5.60. The second-order valence-corrected chi connectivity index (χ2v) is 27.7. The van der Waals surface area contributed by atoms with Crippen molar-refractivity contribution in [2.24, 2.45) is 47.2 Å². The Morgan fingerprint density at radius 2 is 1.35 bits per heavy atom. The molecular formula is C72H115N11O14. The van der Waals surface area contributed by atoms with Gasteiger partial charge >= 0.3 is 12.0 Å². The fourth-order valence-corrected chi connectivity index (χ4v) is 13.2. The third-order valence-electron chi connectivity index (χ3n) is 19.2. The average Bonchev–Trinajstić information content (AvgIpc) is 1.81. The van der Waals surface area contributed by atoms with Crippen molar-refractivity contribution in [3.8, 4) is 0 Å². The van der Waals surface area contributed by atoms with E-state index in [1.807, 2.05) is 110 Å². The maximum absolute atomic E-state index is 14.9. The number of amides is 11. The molecule has 2 aromatic carbocycles. The van der Waals surface area contributed by atoms with Crippen molar-refractivity contribution >= 4 is 70.9 Å². The number of anilines is 1. The van der Waals surface area contributed by atoms with Crippen LogP contribution in [0.4, 0.5) is 10.5 Å². The van der Waals surface area contributed by atoms with E-state index in [-0.39, 0.29) is 110 Å². The van der Waals surface area contributed by atoms with E-state index >= 15 is 0 Å². The molecule has 25 heteroatoms. The van der Waals surface area contributed by atoms with Gasteiger partial charge in [0.05, 0.1) is 49.8 Å². The van der Waals surface area contributed by atoms with Crippen molar-refractivity contribution in [1.82, 2.24) is 46.2 Å². The van der Waals surface area contributed by atoms with Crippen molar-refractivity contribution in [2.45, 2.75) is 214 Å². The molecule has 1 unspecified atom stereocenters. The van der Waals surface area contributed by atoms with E-state index in [9.17, 15) is 52.7 Å². The Labute approximate surface area is 575 Å². The summed E-state index contributed by atoms with van der Waals surface area (Å²) in [6.07, 6.45) is 3.49. The molecule has 11 amide bonds. The smallest absolute Gasteiger partial charge is 0.328 e. The van der Waals surface area contributed by atoms with Gasteiger partial charge in [0, 0.05) is 78.3 Å². The third kappa shape index (κ3) is 24.5. The van der Waals surface area contributed by atoms with Crippen LogP contribution < -0.4 is 37.6 Å². The van der Waals surface area contributed by atoms with Crippen molar-refractivity contribution in [1.29, 1.82) is 0 Å². The highest BCUT2D eigenvalue weighted by molar-refractivity contribution is 6.03. The van der Waals surface area contributed by atoms with Crippen LogP contribution in [0.15, 0.2) is 54.6 Å². The van der Waals surface area contributed by atoms with Crippen LogP contribution in [0, 0.1) is 41.4 Å². The number of likely N-dealkylation sites (N-methyl/N-ethyl adjacent to an activating group) is 2. The Morgan fingerprint density at radius 1 is 0.701 bits per heavy atom. The summed E-state index contributed by atoms with van der Waals surface area (Å²) in [6, 6.07) is 10.2. The molecule has 2 saturated heterocycles. The molecule has 0 radical (unpaired) electrons. The van der Waals surface area contributed by atoms with E-state index in [1.54, 1.807) is 49.8 Å². The van der Waals surface area contributed by atoms with Gasteiger partial charge in [0.15, 0.2) is 0 Å². The molecule has 4 rings (SSSR count). The number of nitrogens with one attached hydrogen (secondary N) is 6. The molecule has 12 atom stereocenters. The molecule has 0 aromatic heterocycles. The van der Waals surface area contributed by atoms with Crippen LogP contribution in [-0.2, 0) is 75.0 Å². The van der Waals surface area contributed by atoms with Gasteiger partial charge in [-0.15, -0.1) is 0 Å². The van der Waals surface area contributed by atoms with Gasteiger partial charge in [-0.1, -0.05) is 131 Å². The van der Waals surface area contributed by atoms with Crippen LogP contribution in [0.3, 0.4) is 0 Å². The number of primary amides is 1. The largest absolute Gasteiger partial charge is 0.467 e. The highest BCUT2D eigenvalue weighted by atomic mass is 16.5. The maximum atomic E-state index is 14.9. The summed E-state index contributed by atoms with van der Waals surface area (Å²) in [5, 5.41) is 17.0. The number of likely N-dealkylation sites (tertiary alicyclic amines) is 2. The van der Waals surface area contributed by atoms with Gasteiger partial charge in [0.25, 0.3) is 0 Å². The molecule has 2 aromatic rings. The Bertz CT molecular complexity index is 2910. The summed E-state index contributed by atoms with van der Waals surface area (Å²) >= 11 is 0. The summed E-state index contributed by atoms with van der Waals surface area (Å²) < 4.78 is 17.2. The molecule has 2 fully saturated rings. The van der Waals surface area contributed by atoms with Crippen LogP contribution in [-0.4, -0.2) is 201 Å². The van der Waals surface area contributed by atoms with E-state index in [0.29, 0.717) is 76.7 Å². The van der Waals surface area contributed by atoms with Gasteiger partial charge in [-0.2, -0.15) is 0 Å². The molecule has 8 N–H and O–H groups in total. The number of rotatable bonds is 41. The lowest BCUT2D eigenvalue weighted by Crippen LogP contribution is -2.60. The molecule has 2 aliphatic heterocycles. The number of hydrogen-bond donors (Lipinski definition) is 7. The minimum atomic E-state index is -1.06. The molecule has 2 aliphatic rings. The van der Waals surface area contributed by atoms with Crippen molar-refractivity contribution in [2.75, 3.05) is 66.9 Å². The Kier molecular flexibility index (Phi) is 34.1. The minimum absolute atomic E-state index is 0.0722. The maximum Gasteiger partial charge on any atom is 0.328 e. The number of nitrogens with two attached hydrogens (primary N) is 1. The van der Waals surface area contributed by atoms with Crippen LogP contribution >= 0.6 is 0 Å². The van der Waals surface area contributed by atoms with Gasteiger partial charge in [0.2, 0.25) is 53.2 Å². The normalized spacial score (nSPS) is 18.0. The number of carbonyl (C=O) groups is 11. The minimum Gasteiger partial charge on any atom is -0.467 e. The van der Waals surface area contributed by atoms with E-state index in [1.165, 1.54) is 26.2 Å². The molecule has 97 heavy (non-hydrogen) atoms. The van der Waals surface area contributed by atoms with Crippen LogP contribution in [0.25, 0.3) is 0 Å². The quantitative estimate of drug-likeness (QED) is 0.0237. The van der Waals surface area contributed by atoms with Crippen molar-refractivity contribution in [3.63, 3.8) is 0 Å². The lowest BCUT2D eigenvalue weighted by Gasteiger charge is -2.41. The highest BCUT2D eigenvalue weighted by Crippen LogP contribution is 2.31. The van der Waals surface area contributed by atoms with E-state index in [4.69, 9.17) is 19.9 Å². The fourth-order valence-electron chi connectivity index (χ4n) is 13.2. The lowest BCUT2D eigenvalue weighted by atomic mass is 9.89. The second kappa shape index (κ2) is 40.4. The summed E-state index contributed by atoms with van der Waals surface area (Å²) in [5.41, 5.74) is 7.48. The number of carbonyl (C=O) groups excluding carboxylic acids is 11. The number of methoxy groups -OCH3 is 3. The molecule has 542 valence electrons. The van der Waals surface area contributed by atoms with Crippen molar-refractivity contribution < 1.29 is 67.0 Å². The number of benzene rings is 2. The summed E-state index contributed by atoms with van der Waals surface area (Å²) in [4.78, 5) is 155. The number of ether oxygens (including phenoxy) is 3. The Morgan fingerprint density at radius 3 is 1.92 bits per heavy atom. The van der Waals surface area contributed by atoms with Gasteiger partial charge in [-0.3, -0.25) is 53.0 Å². The molecule has 2 heterocycles. The zero-order valence-electron chi connectivity index (χ0n) is 60.5. The number of nitrogens with zero attached hydrogens (tertiary/aromatic N) is 4. The first-order chi connectivity index (χ1) is 45.9. The third-order valence-corrected chi connectivity index (χ3v) is 19.2. The predicted octanol–water partition coefficient (Wildman–Crippen LogP) is 5.75. The molecule has 25 nitrogen and oxygen atoms in total. The van der Waals surface area contributed by atoms with Crippen LogP contribution in [0.5, 0.6) is 0 Å². The van der Waals surface area contributed by atoms with E-state index in [0.717, 1.165) is 11.1 Å². The Hall–Kier alpha value is -7.51. The van der Waals surface area contributed by atoms with Gasteiger partial charge in [-0.05, 0) is 105 Å².